The number of imidazole rings is 1. The van der Waals surface area contributed by atoms with Crippen LogP contribution in [0.15, 0.2) is 12.4 Å². The Morgan fingerprint density at radius 3 is 3.00 bits per heavy atom. The number of morpholine rings is 1. The third-order valence-electron chi connectivity index (χ3n) is 5.11. The van der Waals surface area contributed by atoms with Gasteiger partial charge in [0.2, 0.25) is 0 Å². The molecule has 2 atom stereocenters. The van der Waals surface area contributed by atoms with E-state index in [0.29, 0.717) is 5.92 Å². The van der Waals surface area contributed by atoms with Crippen LogP contribution in [0.25, 0.3) is 0 Å². The van der Waals surface area contributed by atoms with Crippen molar-refractivity contribution in [3.63, 3.8) is 0 Å². The Kier molecular flexibility index (Phi) is 5.36. The summed E-state index contributed by atoms with van der Waals surface area (Å²) in [6.45, 7) is 11.1. The fourth-order valence-corrected chi connectivity index (χ4v) is 3.59. The van der Waals surface area contributed by atoms with Crippen LogP contribution in [0.4, 0.5) is 0 Å². The normalized spacial score (nSPS) is 28.3. The largest absolute Gasteiger partial charge is 0.378 e. The van der Waals surface area contributed by atoms with Crippen molar-refractivity contribution in [2.75, 3.05) is 46.0 Å². The van der Waals surface area contributed by atoms with Crippen molar-refractivity contribution in [2.24, 2.45) is 13.0 Å². The third kappa shape index (κ3) is 3.94. The summed E-state index contributed by atoms with van der Waals surface area (Å²) in [5, 5.41) is 3.62. The van der Waals surface area contributed by atoms with E-state index in [1.165, 1.54) is 0 Å². The number of rotatable bonds is 6. The first-order valence-corrected chi connectivity index (χ1v) is 8.70. The van der Waals surface area contributed by atoms with Crippen LogP contribution in [0.1, 0.15) is 32.2 Å². The molecule has 1 aromatic heterocycles. The summed E-state index contributed by atoms with van der Waals surface area (Å²) in [6, 6.07) is 0. The molecule has 0 saturated carbocycles. The van der Waals surface area contributed by atoms with Gasteiger partial charge in [-0.25, -0.2) is 4.98 Å². The highest BCUT2D eigenvalue weighted by Gasteiger charge is 2.32. The number of nitrogens with zero attached hydrogens (tertiary/aromatic N) is 3. The Hall–Kier alpha value is -0.950. The lowest BCUT2D eigenvalue weighted by Crippen LogP contribution is -2.54. The first kappa shape index (κ1) is 16.9. The van der Waals surface area contributed by atoms with Gasteiger partial charge in [0.1, 0.15) is 11.9 Å². The van der Waals surface area contributed by atoms with Crippen molar-refractivity contribution >= 4 is 0 Å². The molecule has 0 aliphatic carbocycles. The molecule has 0 radical (unpaired) electrons. The van der Waals surface area contributed by atoms with Crippen LogP contribution in [-0.2, 0) is 16.5 Å². The first-order valence-electron chi connectivity index (χ1n) is 8.70. The van der Waals surface area contributed by atoms with Crippen molar-refractivity contribution in [3.8, 4) is 0 Å². The highest BCUT2D eigenvalue weighted by Crippen LogP contribution is 2.32. The Labute approximate surface area is 139 Å². The molecule has 0 spiro atoms. The summed E-state index contributed by atoms with van der Waals surface area (Å²) in [4.78, 5) is 6.98. The molecule has 0 unspecified atom stereocenters. The molecule has 0 aromatic carbocycles. The maximum atomic E-state index is 5.92. The van der Waals surface area contributed by atoms with Crippen LogP contribution >= 0.6 is 0 Å². The van der Waals surface area contributed by atoms with E-state index >= 15 is 0 Å². The Balaban J connectivity index is 1.44. The van der Waals surface area contributed by atoms with Crippen molar-refractivity contribution in [1.82, 2.24) is 19.8 Å². The van der Waals surface area contributed by atoms with Crippen LogP contribution in [0, 0.1) is 5.92 Å². The van der Waals surface area contributed by atoms with Crippen molar-refractivity contribution in [1.29, 1.82) is 0 Å². The predicted octanol–water partition coefficient (Wildman–Crippen LogP) is 1.20. The lowest BCUT2D eigenvalue weighted by molar-refractivity contribution is -0.0501. The summed E-state index contributed by atoms with van der Waals surface area (Å²) in [5.74, 6) is 1.55. The number of hydrogen-bond acceptors (Lipinski definition) is 5. The topological polar surface area (TPSA) is 51.5 Å². The van der Waals surface area contributed by atoms with Crippen LogP contribution in [0.5, 0.6) is 0 Å². The Bertz CT molecular complexity index is 503. The van der Waals surface area contributed by atoms with Gasteiger partial charge in [0.15, 0.2) is 0 Å². The molecule has 2 saturated heterocycles. The number of aromatic nitrogens is 2. The number of ether oxygens (including phenoxy) is 2. The van der Waals surface area contributed by atoms with Gasteiger partial charge in [-0.2, -0.15) is 0 Å². The van der Waals surface area contributed by atoms with Gasteiger partial charge in [-0.05, 0) is 20.3 Å². The van der Waals surface area contributed by atoms with Gasteiger partial charge in [-0.3, -0.25) is 4.90 Å². The zero-order chi connectivity index (χ0) is 16.3. The lowest BCUT2D eigenvalue weighted by Gasteiger charge is -2.42. The molecular weight excluding hydrogens is 292 g/mol. The second-order valence-electron chi connectivity index (χ2n) is 7.29. The van der Waals surface area contributed by atoms with E-state index in [-0.39, 0.29) is 11.6 Å². The van der Waals surface area contributed by atoms with Gasteiger partial charge in [-0.1, -0.05) is 0 Å². The summed E-state index contributed by atoms with van der Waals surface area (Å²) < 4.78 is 13.6. The van der Waals surface area contributed by atoms with Gasteiger partial charge in [0, 0.05) is 63.7 Å². The average Bonchev–Trinajstić information content (AvgIpc) is 3.13. The maximum absolute atomic E-state index is 5.92. The van der Waals surface area contributed by atoms with Gasteiger partial charge >= 0.3 is 0 Å². The van der Waals surface area contributed by atoms with Crippen LogP contribution < -0.4 is 5.32 Å². The van der Waals surface area contributed by atoms with Crippen LogP contribution in [0.3, 0.4) is 0 Å². The highest BCUT2D eigenvalue weighted by molar-refractivity contribution is 5.00. The smallest absolute Gasteiger partial charge is 0.137 e. The van der Waals surface area contributed by atoms with Crippen LogP contribution in [-0.4, -0.2) is 66.0 Å². The van der Waals surface area contributed by atoms with Crippen molar-refractivity contribution < 1.29 is 9.47 Å². The fraction of sp³-hybridized carbons (Fsp3) is 0.824. The molecule has 130 valence electrons. The molecule has 23 heavy (non-hydrogen) atoms. The SMILES string of the molecule is Cn1ccnc1[C@@H]1OCC[C@H]1CNCCN1CCOCC1(C)C. The molecule has 1 N–H and O–H groups in total. The van der Waals surface area contributed by atoms with E-state index in [2.05, 4.69) is 33.6 Å². The first-order chi connectivity index (χ1) is 11.1. The highest BCUT2D eigenvalue weighted by atomic mass is 16.5. The summed E-state index contributed by atoms with van der Waals surface area (Å²) in [6.07, 6.45) is 5.07. The molecule has 2 aliphatic heterocycles. The minimum absolute atomic E-state index is 0.127. The fourth-order valence-electron chi connectivity index (χ4n) is 3.59. The van der Waals surface area contributed by atoms with E-state index < -0.39 is 0 Å². The summed E-state index contributed by atoms with van der Waals surface area (Å²) in [5.41, 5.74) is 0.145. The molecule has 0 bridgehead atoms. The zero-order valence-corrected chi connectivity index (χ0v) is 14.6. The maximum Gasteiger partial charge on any atom is 0.137 e. The molecule has 1 aromatic rings. The quantitative estimate of drug-likeness (QED) is 0.798. The summed E-state index contributed by atoms with van der Waals surface area (Å²) >= 11 is 0. The number of hydrogen-bond donors (Lipinski definition) is 1. The standard InChI is InChI=1S/C17H30N4O2/c1-17(2)13-22-11-9-21(17)8-5-18-12-14-4-10-23-15(14)16-19-6-7-20(16)3/h6-7,14-15,18H,4-5,8-13H2,1-3H3/t14-,15+/m0/s1. The third-order valence-corrected chi connectivity index (χ3v) is 5.11. The molecule has 2 aliphatic rings. The number of nitrogens with one attached hydrogen (secondary N) is 1. The molecule has 6 nitrogen and oxygen atoms in total. The molecule has 2 fully saturated rings. The van der Waals surface area contributed by atoms with E-state index in [1.807, 2.05) is 19.4 Å². The Morgan fingerprint density at radius 1 is 1.39 bits per heavy atom. The van der Waals surface area contributed by atoms with E-state index in [0.717, 1.165) is 58.2 Å². The van der Waals surface area contributed by atoms with Gasteiger partial charge in [0.25, 0.3) is 0 Å². The van der Waals surface area contributed by atoms with Crippen molar-refractivity contribution in [2.45, 2.75) is 31.9 Å². The van der Waals surface area contributed by atoms with Gasteiger partial charge < -0.3 is 19.4 Å². The molecule has 6 heteroatoms. The Morgan fingerprint density at radius 2 is 2.26 bits per heavy atom. The average molecular weight is 322 g/mol. The van der Waals surface area contributed by atoms with Gasteiger partial charge in [0.05, 0.1) is 13.2 Å². The molecular formula is C17H30N4O2. The van der Waals surface area contributed by atoms with Crippen molar-refractivity contribution in [3.05, 3.63) is 18.2 Å². The second kappa shape index (κ2) is 7.30. The lowest BCUT2D eigenvalue weighted by atomic mass is 10.0. The summed E-state index contributed by atoms with van der Waals surface area (Å²) in [7, 11) is 2.04. The number of aryl methyl sites for hydroxylation is 1. The monoisotopic (exact) mass is 322 g/mol. The predicted molar refractivity (Wildman–Crippen MR) is 89.3 cm³/mol. The zero-order valence-electron chi connectivity index (χ0n) is 14.6. The minimum Gasteiger partial charge on any atom is -0.378 e. The van der Waals surface area contributed by atoms with E-state index in [1.54, 1.807) is 0 Å². The van der Waals surface area contributed by atoms with E-state index in [4.69, 9.17) is 9.47 Å². The minimum atomic E-state index is 0.127. The molecule has 0 amide bonds. The second-order valence-corrected chi connectivity index (χ2v) is 7.29. The van der Waals surface area contributed by atoms with Gasteiger partial charge in [-0.15, -0.1) is 0 Å². The molecule has 3 rings (SSSR count). The molecule has 3 heterocycles. The van der Waals surface area contributed by atoms with Crippen LogP contribution in [0.2, 0.25) is 0 Å². The van der Waals surface area contributed by atoms with E-state index in [9.17, 15) is 0 Å².